The van der Waals surface area contributed by atoms with E-state index >= 15 is 0 Å². The Balaban J connectivity index is 1.60. The third kappa shape index (κ3) is 1.41. The van der Waals surface area contributed by atoms with Gasteiger partial charge in [0, 0.05) is 4.47 Å². The maximum atomic E-state index is 6.34. The van der Waals surface area contributed by atoms with E-state index in [2.05, 4.69) is 58.4 Å². The van der Waals surface area contributed by atoms with Crippen molar-refractivity contribution >= 4 is 15.9 Å². The van der Waals surface area contributed by atoms with Crippen LogP contribution in [0.2, 0.25) is 0 Å². The minimum absolute atomic E-state index is 0.327. The van der Waals surface area contributed by atoms with Crippen LogP contribution >= 0.6 is 15.9 Å². The van der Waals surface area contributed by atoms with Gasteiger partial charge in [-0.2, -0.15) is 0 Å². The zero-order valence-electron chi connectivity index (χ0n) is 11.1. The molecule has 0 radical (unpaired) electrons. The molecule has 0 saturated carbocycles. The molecule has 5 rings (SSSR count). The molecule has 2 aliphatic heterocycles. The molecule has 1 saturated heterocycles. The second kappa shape index (κ2) is 3.96. The fourth-order valence-electron chi connectivity index (χ4n) is 4.45. The van der Waals surface area contributed by atoms with Gasteiger partial charge in [0.2, 0.25) is 0 Å². The number of fused-ring (bicyclic) bond motifs is 9. The first-order valence-corrected chi connectivity index (χ1v) is 8.12. The average Bonchev–Trinajstić information content (AvgIpc) is 3.02. The summed E-state index contributed by atoms with van der Waals surface area (Å²) >= 11 is 3.60. The highest BCUT2D eigenvalue weighted by Gasteiger charge is 2.53. The molecule has 0 spiro atoms. The Labute approximate surface area is 127 Å². The van der Waals surface area contributed by atoms with Gasteiger partial charge in [-0.05, 0) is 59.1 Å². The molecule has 2 bridgehead atoms. The molecule has 1 fully saturated rings. The van der Waals surface area contributed by atoms with Crippen LogP contribution in [0.15, 0.2) is 46.9 Å². The smallest absolute Gasteiger partial charge is 0.0872 e. The van der Waals surface area contributed by atoms with E-state index in [1.165, 1.54) is 33.1 Å². The van der Waals surface area contributed by atoms with Crippen LogP contribution in [0.4, 0.5) is 0 Å². The van der Waals surface area contributed by atoms with Crippen LogP contribution in [0.5, 0.6) is 0 Å². The van der Waals surface area contributed by atoms with Gasteiger partial charge >= 0.3 is 0 Å². The highest BCUT2D eigenvalue weighted by molar-refractivity contribution is 9.10. The standard InChI is InChI=1S/C18H15BrO/c19-12-6-5-10-8-15-16(9-11(10)7-12)18-14-4-2-1-3-13(14)17(15)20-18/h1-7,15-18H,8-9H2. The van der Waals surface area contributed by atoms with Gasteiger partial charge < -0.3 is 4.74 Å². The lowest BCUT2D eigenvalue weighted by atomic mass is 9.67. The Hall–Kier alpha value is -1.12. The summed E-state index contributed by atoms with van der Waals surface area (Å²) in [5, 5.41) is 0. The predicted molar refractivity (Wildman–Crippen MR) is 81.5 cm³/mol. The topological polar surface area (TPSA) is 9.23 Å². The zero-order valence-corrected chi connectivity index (χ0v) is 12.6. The number of hydrogen-bond acceptors (Lipinski definition) is 1. The summed E-state index contributed by atoms with van der Waals surface area (Å²) in [6, 6.07) is 15.6. The van der Waals surface area contributed by atoms with Crippen LogP contribution in [-0.4, -0.2) is 0 Å². The molecule has 4 atom stereocenters. The molecule has 0 N–H and O–H groups in total. The van der Waals surface area contributed by atoms with Gasteiger partial charge in [0.25, 0.3) is 0 Å². The van der Waals surface area contributed by atoms with Crippen molar-refractivity contribution in [3.05, 3.63) is 69.2 Å². The van der Waals surface area contributed by atoms with Crippen molar-refractivity contribution in [1.29, 1.82) is 0 Å². The molecular weight excluding hydrogens is 312 g/mol. The molecule has 4 unspecified atom stereocenters. The summed E-state index contributed by atoms with van der Waals surface area (Å²) in [5.41, 5.74) is 5.91. The summed E-state index contributed by atoms with van der Waals surface area (Å²) in [6.07, 6.45) is 2.99. The minimum Gasteiger partial charge on any atom is -0.365 e. The van der Waals surface area contributed by atoms with Crippen molar-refractivity contribution < 1.29 is 4.74 Å². The van der Waals surface area contributed by atoms with E-state index in [4.69, 9.17) is 4.74 Å². The lowest BCUT2D eigenvalue weighted by Gasteiger charge is -2.34. The fourth-order valence-corrected chi connectivity index (χ4v) is 4.86. The first-order chi connectivity index (χ1) is 9.81. The van der Waals surface area contributed by atoms with E-state index < -0.39 is 0 Å². The van der Waals surface area contributed by atoms with E-state index in [1.807, 2.05) is 0 Å². The highest BCUT2D eigenvalue weighted by Crippen LogP contribution is 2.60. The lowest BCUT2D eigenvalue weighted by molar-refractivity contribution is 0.0546. The maximum Gasteiger partial charge on any atom is 0.0872 e. The Morgan fingerprint density at radius 3 is 2.20 bits per heavy atom. The van der Waals surface area contributed by atoms with E-state index in [1.54, 1.807) is 0 Å². The second-order valence-electron chi connectivity index (χ2n) is 6.26. The predicted octanol–water partition coefficient (Wildman–Crippen LogP) is 4.61. The maximum absolute atomic E-state index is 6.34. The SMILES string of the molecule is Brc1ccc2c(c1)CC1C3OC(c4ccccc43)C1C2. The average molecular weight is 327 g/mol. The van der Waals surface area contributed by atoms with Gasteiger partial charge in [-0.25, -0.2) is 0 Å². The summed E-state index contributed by atoms with van der Waals surface area (Å²) < 4.78 is 7.53. The van der Waals surface area contributed by atoms with Gasteiger partial charge in [-0.1, -0.05) is 46.3 Å². The molecule has 100 valence electrons. The molecule has 1 aliphatic carbocycles. The van der Waals surface area contributed by atoms with Gasteiger partial charge in [0.15, 0.2) is 0 Å². The third-order valence-electron chi connectivity index (χ3n) is 5.31. The van der Waals surface area contributed by atoms with Crippen LogP contribution in [0.25, 0.3) is 0 Å². The molecule has 0 aromatic heterocycles. The first kappa shape index (κ1) is 11.5. The number of halogens is 1. The Bertz CT molecular complexity index is 708. The van der Waals surface area contributed by atoms with Gasteiger partial charge in [0.05, 0.1) is 12.2 Å². The van der Waals surface area contributed by atoms with Crippen molar-refractivity contribution in [3.8, 4) is 0 Å². The van der Waals surface area contributed by atoms with Crippen molar-refractivity contribution in [2.45, 2.75) is 25.0 Å². The Morgan fingerprint density at radius 1 is 0.850 bits per heavy atom. The number of benzene rings is 2. The number of hydrogen-bond donors (Lipinski definition) is 0. The normalized spacial score (nSPS) is 32.6. The van der Waals surface area contributed by atoms with Crippen LogP contribution in [0, 0.1) is 11.8 Å². The quantitative estimate of drug-likeness (QED) is 0.687. The number of rotatable bonds is 0. The molecule has 3 aliphatic rings. The van der Waals surface area contributed by atoms with Crippen molar-refractivity contribution in [1.82, 2.24) is 0 Å². The molecule has 2 heteroatoms. The molecule has 2 aromatic carbocycles. The lowest BCUT2D eigenvalue weighted by Crippen LogP contribution is -2.29. The zero-order chi connectivity index (χ0) is 13.3. The molecule has 2 aromatic rings. The van der Waals surface area contributed by atoms with E-state index in [0.29, 0.717) is 24.0 Å². The van der Waals surface area contributed by atoms with Crippen LogP contribution in [0.1, 0.15) is 34.5 Å². The van der Waals surface area contributed by atoms with E-state index in [9.17, 15) is 0 Å². The molecule has 2 heterocycles. The highest BCUT2D eigenvalue weighted by atomic mass is 79.9. The third-order valence-corrected chi connectivity index (χ3v) is 5.80. The largest absolute Gasteiger partial charge is 0.365 e. The molecule has 1 nitrogen and oxygen atoms in total. The Morgan fingerprint density at radius 2 is 1.50 bits per heavy atom. The molecule has 0 amide bonds. The summed E-state index contributed by atoms with van der Waals surface area (Å²) in [4.78, 5) is 0. The first-order valence-electron chi connectivity index (χ1n) is 7.33. The van der Waals surface area contributed by atoms with Crippen molar-refractivity contribution in [2.24, 2.45) is 11.8 Å². The van der Waals surface area contributed by atoms with Crippen LogP contribution < -0.4 is 0 Å². The Kier molecular flexibility index (Phi) is 2.28. The van der Waals surface area contributed by atoms with E-state index in [-0.39, 0.29) is 0 Å². The monoisotopic (exact) mass is 326 g/mol. The van der Waals surface area contributed by atoms with Gasteiger partial charge in [-0.15, -0.1) is 0 Å². The van der Waals surface area contributed by atoms with Crippen LogP contribution in [0.3, 0.4) is 0 Å². The van der Waals surface area contributed by atoms with Crippen molar-refractivity contribution in [2.75, 3.05) is 0 Å². The summed E-state index contributed by atoms with van der Waals surface area (Å²) in [7, 11) is 0. The second-order valence-corrected chi connectivity index (χ2v) is 7.17. The van der Waals surface area contributed by atoms with Gasteiger partial charge in [-0.3, -0.25) is 0 Å². The van der Waals surface area contributed by atoms with Crippen molar-refractivity contribution in [3.63, 3.8) is 0 Å². The van der Waals surface area contributed by atoms with Gasteiger partial charge in [0.1, 0.15) is 0 Å². The van der Waals surface area contributed by atoms with E-state index in [0.717, 1.165) is 6.42 Å². The van der Waals surface area contributed by atoms with Crippen LogP contribution in [-0.2, 0) is 17.6 Å². The summed E-state index contributed by atoms with van der Waals surface area (Å²) in [6.45, 7) is 0. The minimum atomic E-state index is 0.327. The molecular formula is C18H15BrO. The molecule has 20 heavy (non-hydrogen) atoms. The number of ether oxygens (including phenoxy) is 1. The fraction of sp³-hybridized carbons (Fsp3) is 0.333. The summed E-state index contributed by atoms with van der Waals surface area (Å²) in [5.74, 6) is 1.33.